The topological polar surface area (TPSA) is 85.8 Å². The standard InChI is InChI=1S/C12H17N3O2/c13-8-4-7-11(16)15-12(17)14-9-10-5-2-1-3-6-10/h1-3,5-6H,4,7-9,13H2,(H2,14,15,16,17)/p+1. The Kier molecular flexibility index (Phi) is 5.74. The van der Waals surface area contributed by atoms with Gasteiger partial charge in [-0.3, -0.25) is 10.1 Å². The molecule has 5 nitrogen and oxygen atoms in total. The van der Waals surface area contributed by atoms with Crippen molar-refractivity contribution in [2.24, 2.45) is 0 Å². The summed E-state index contributed by atoms with van der Waals surface area (Å²) in [6.45, 7) is 1.11. The molecule has 3 amide bonds. The van der Waals surface area contributed by atoms with E-state index in [2.05, 4.69) is 16.4 Å². The van der Waals surface area contributed by atoms with Crippen molar-refractivity contribution in [1.82, 2.24) is 10.6 Å². The summed E-state index contributed by atoms with van der Waals surface area (Å²) >= 11 is 0. The maximum atomic E-state index is 11.3. The second-order valence-electron chi connectivity index (χ2n) is 3.67. The Morgan fingerprint density at radius 1 is 1.18 bits per heavy atom. The van der Waals surface area contributed by atoms with E-state index in [0.29, 0.717) is 25.9 Å². The number of amides is 3. The van der Waals surface area contributed by atoms with Crippen molar-refractivity contribution in [1.29, 1.82) is 0 Å². The summed E-state index contributed by atoms with van der Waals surface area (Å²) in [4.78, 5) is 22.6. The number of carbonyl (C=O) groups excluding carboxylic acids is 2. The number of hydrogen-bond acceptors (Lipinski definition) is 2. The van der Waals surface area contributed by atoms with E-state index in [1.165, 1.54) is 0 Å². The van der Waals surface area contributed by atoms with Crippen LogP contribution in [0.15, 0.2) is 30.3 Å². The predicted octanol–water partition coefficient (Wildman–Crippen LogP) is 0.0345. The van der Waals surface area contributed by atoms with E-state index in [9.17, 15) is 9.59 Å². The van der Waals surface area contributed by atoms with Crippen molar-refractivity contribution in [3.05, 3.63) is 35.9 Å². The Bertz CT molecular complexity index is 365. The third-order valence-corrected chi connectivity index (χ3v) is 2.20. The van der Waals surface area contributed by atoms with Gasteiger partial charge in [-0.2, -0.15) is 0 Å². The third-order valence-electron chi connectivity index (χ3n) is 2.20. The number of nitrogens with one attached hydrogen (secondary N) is 2. The lowest BCUT2D eigenvalue weighted by Gasteiger charge is -2.06. The molecule has 0 heterocycles. The van der Waals surface area contributed by atoms with Crippen LogP contribution >= 0.6 is 0 Å². The highest BCUT2D eigenvalue weighted by Gasteiger charge is 2.06. The SMILES string of the molecule is [NH3+]CCCC(=O)NC(=O)NCc1ccccc1. The summed E-state index contributed by atoms with van der Waals surface area (Å²) in [5.74, 6) is -0.265. The Hall–Kier alpha value is -1.88. The Morgan fingerprint density at radius 3 is 2.53 bits per heavy atom. The molecule has 0 saturated heterocycles. The molecular formula is C12H18N3O2+. The molecule has 17 heavy (non-hydrogen) atoms. The van der Waals surface area contributed by atoms with Crippen molar-refractivity contribution < 1.29 is 15.3 Å². The van der Waals surface area contributed by atoms with Gasteiger partial charge in [0.05, 0.1) is 6.54 Å². The van der Waals surface area contributed by atoms with Crippen molar-refractivity contribution >= 4 is 11.9 Å². The van der Waals surface area contributed by atoms with Gasteiger partial charge in [-0.1, -0.05) is 30.3 Å². The van der Waals surface area contributed by atoms with Gasteiger partial charge in [0.1, 0.15) is 0 Å². The van der Waals surface area contributed by atoms with E-state index in [0.717, 1.165) is 5.56 Å². The average molecular weight is 236 g/mol. The molecule has 0 fully saturated rings. The molecule has 1 aromatic rings. The maximum Gasteiger partial charge on any atom is 0.321 e. The van der Waals surface area contributed by atoms with Gasteiger partial charge in [0, 0.05) is 19.4 Å². The minimum atomic E-state index is -0.456. The summed E-state index contributed by atoms with van der Waals surface area (Å²) in [6.07, 6.45) is 1.03. The van der Waals surface area contributed by atoms with Crippen LogP contribution in [0.4, 0.5) is 4.79 Å². The summed E-state index contributed by atoms with van der Waals surface area (Å²) in [5.41, 5.74) is 4.63. The van der Waals surface area contributed by atoms with Crippen molar-refractivity contribution in [3.63, 3.8) is 0 Å². The summed E-state index contributed by atoms with van der Waals surface area (Å²) in [5, 5.41) is 4.89. The lowest BCUT2D eigenvalue weighted by atomic mass is 10.2. The molecule has 92 valence electrons. The molecule has 1 aromatic carbocycles. The Morgan fingerprint density at radius 2 is 1.88 bits per heavy atom. The third kappa shape index (κ3) is 5.67. The number of benzene rings is 1. The fourth-order valence-corrected chi connectivity index (χ4v) is 1.30. The van der Waals surface area contributed by atoms with Crippen LogP contribution in [0.25, 0.3) is 0 Å². The van der Waals surface area contributed by atoms with Gasteiger partial charge >= 0.3 is 6.03 Å². The smallest absolute Gasteiger partial charge is 0.321 e. The molecule has 0 spiro atoms. The van der Waals surface area contributed by atoms with Gasteiger partial charge in [0.25, 0.3) is 0 Å². The monoisotopic (exact) mass is 236 g/mol. The quantitative estimate of drug-likeness (QED) is 0.674. The van der Waals surface area contributed by atoms with E-state index < -0.39 is 6.03 Å². The number of hydrogen-bond donors (Lipinski definition) is 3. The molecule has 5 N–H and O–H groups in total. The van der Waals surface area contributed by atoms with Crippen LogP contribution < -0.4 is 16.4 Å². The molecule has 0 radical (unpaired) electrons. The largest absolute Gasteiger partial charge is 0.358 e. The molecule has 0 aliphatic rings. The van der Waals surface area contributed by atoms with Crippen LogP contribution in [0, 0.1) is 0 Å². The molecule has 0 aliphatic carbocycles. The Labute approximate surface area is 100 Å². The fraction of sp³-hybridized carbons (Fsp3) is 0.333. The van der Waals surface area contributed by atoms with Gasteiger partial charge in [-0.05, 0) is 5.56 Å². The average Bonchev–Trinajstić information content (AvgIpc) is 2.35. The molecule has 0 saturated carbocycles. The van der Waals surface area contributed by atoms with Crippen molar-refractivity contribution in [2.75, 3.05) is 6.54 Å². The van der Waals surface area contributed by atoms with E-state index in [4.69, 9.17) is 0 Å². The zero-order valence-corrected chi connectivity index (χ0v) is 9.74. The van der Waals surface area contributed by atoms with E-state index in [1.54, 1.807) is 0 Å². The second-order valence-corrected chi connectivity index (χ2v) is 3.67. The first-order valence-corrected chi connectivity index (χ1v) is 5.63. The van der Waals surface area contributed by atoms with E-state index in [-0.39, 0.29) is 5.91 Å². The lowest BCUT2D eigenvalue weighted by Crippen LogP contribution is -2.50. The molecule has 0 aromatic heterocycles. The fourth-order valence-electron chi connectivity index (χ4n) is 1.30. The second kappa shape index (κ2) is 7.40. The summed E-state index contributed by atoms with van der Waals surface area (Å²) < 4.78 is 0. The van der Waals surface area contributed by atoms with Crippen LogP contribution in [0.3, 0.4) is 0 Å². The predicted molar refractivity (Wildman–Crippen MR) is 63.8 cm³/mol. The minimum Gasteiger partial charge on any atom is -0.358 e. The van der Waals surface area contributed by atoms with Gasteiger partial charge in [-0.25, -0.2) is 4.79 Å². The van der Waals surface area contributed by atoms with Gasteiger partial charge in [-0.15, -0.1) is 0 Å². The highest BCUT2D eigenvalue weighted by atomic mass is 16.2. The van der Waals surface area contributed by atoms with Gasteiger partial charge < -0.3 is 11.1 Å². The van der Waals surface area contributed by atoms with E-state index >= 15 is 0 Å². The van der Waals surface area contributed by atoms with Crippen molar-refractivity contribution in [2.45, 2.75) is 19.4 Å². The van der Waals surface area contributed by atoms with Crippen LogP contribution in [0.1, 0.15) is 18.4 Å². The first-order valence-electron chi connectivity index (χ1n) is 5.63. The zero-order chi connectivity index (χ0) is 12.5. The minimum absolute atomic E-state index is 0.265. The molecule has 0 unspecified atom stereocenters. The first kappa shape index (κ1) is 13.2. The van der Waals surface area contributed by atoms with Crippen LogP contribution in [0.2, 0.25) is 0 Å². The van der Waals surface area contributed by atoms with Crippen LogP contribution in [0.5, 0.6) is 0 Å². The Balaban J connectivity index is 2.24. The number of rotatable bonds is 5. The van der Waals surface area contributed by atoms with Crippen LogP contribution in [-0.2, 0) is 11.3 Å². The maximum absolute atomic E-state index is 11.3. The van der Waals surface area contributed by atoms with Gasteiger partial charge in [0.2, 0.25) is 5.91 Å². The summed E-state index contributed by atoms with van der Waals surface area (Å²) in [6, 6.07) is 9.06. The molecule has 0 aliphatic heterocycles. The number of carbonyl (C=O) groups is 2. The molecule has 5 heteroatoms. The van der Waals surface area contributed by atoms with Crippen molar-refractivity contribution in [3.8, 4) is 0 Å². The van der Waals surface area contributed by atoms with E-state index in [1.807, 2.05) is 30.3 Å². The molecular weight excluding hydrogens is 218 g/mol. The molecule has 1 rings (SSSR count). The highest BCUT2D eigenvalue weighted by molar-refractivity contribution is 5.94. The summed E-state index contributed by atoms with van der Waals surface area (Å²) in [7, 11) is 0. The number of urea groups is 1. The molecule has 0 bridgehead atoms. The first-order chi connectivity index (χ1) is 8.22. The normalized spacial score (nSPS) is 9.71. The van der Waals surface area contributed by atoms with Gasteiger partial charge in [0.15, 0.2) is 0 Å². The number of imide groups is 1. The number of quaternary nitrogens is 1. The van der Waals surface area contributed by atoms with Crippen LogP contribution in [-0.4, -0.2) is 18.5 Å². The highest BCUT2D eigenvalue weighted by Crippen LogP contribution is 1.96. The molecule has 0 atom stereocenters. The zero-order valence-electron chi connectivity index (χ0n) is 9.74. The lowest BCUT2D eigenvalue weighted by molar-refractivity contribution is -0.368.